The largest absolute Gasteiger partial charge is 0.488 e. The molecule has 2 fully saturated rings. The summed E-state index contributed by atoms with van der Waals surface area (Å²) < 4.78 is 16.8. The molecule has 1 saturated heterocycles. The molecule has 1 saturated carbocycles. The van der Waals surface area contributed by atoms with Crippen LogP contribution in [0.4, 0.5) is 11.5 Å². The first-order chi connectivity index (χ1) is 16.7. The quantitative estimate of drug-likeness (QED) is 0.551. The number of rotatable bonds is 6. The number of nitrogens with one attached hydrogen (secondary N) is 1. The monoisotopic (exact) mass is 463 g/mol. The van der Waals surface area contributed by atoms with Gasteiger partial charge in [-0.25, -0.2) is 14.8 Å². The molecule has 0 amide bonds. The summed E-state index contributed by atoms with van der Waals surface area (Å²) in [5.74, 6) is 1.11. The van der Waals surface area contributed by atoms with Gasteiger partial charge in [-0.15, -0.1) is 0 Å². The lowest BCUT2D eigenvalue weighted by atomic mass is 9.93. The first kappa shape index (κ1) is 22.3. The summed E-state index contributed by atoms with van der Waals surface area (Å²) in [7, 11) is 1.38. The van der Waals surface area contributed by atoms with Gasteiger partial charge in [0.2, 0.25) is 0 Å². The molecule has 34 heavy (non-hydrogen) atoms. The molecule has 0 unspecified atom stereocenters. The van der Waals surface area contributed by atoms with Gasteiger partial charge in [-0.2, -0.15) is 0 Å². The molecule has 9 nitrogen and oxygen atoms in total. The van der Waals surface area contributed by atoms with Gasteiger partial charge in [0, 0.05) is 49.5 Å². The highest BCUT2D eigenvalue weighted by atomic mass is 16.5. The maximum absolute atomic E-state index is 11.8. The van der Waals surface area contributed by atoms with Gasteiger partial charge in [-0.05, 0) is 43.9 Å². The topological polar surface area (TPSA) is 98.7 Å². The predicted molar refractivity (Wildman–Crippen MR) is 128 cm³/mol. The number of benzene rings is 1. The Hall–Kier alpha value is -3.46. The minimum atomic E-state index is -0.364. The van der Waals surface area contributed by atoms with Crippen LogP contribution >= 0.6 is 0 Å². The van der Waals surface area contributed by atoms with E-state index in [4.69, 9.17) is 14.2 Å². The van der Waals surface area contributed by atoms with E-state index >= 15 is 0 Å². The highest BCUT2D eigenvalue weighted by Crippen LogP contribution is 2.33. The van der Waals surface area contributed by atoms with E-state index in [9.17, 15) is 4.79 Å². The predicted octanol–water partition coefficient (Wildman–Crippen LogP) is 3.45. The van der Waals surface area contributed by atoms with Crippen LogP contribution in [0.25, 0.3) is 11.0 Å². The second-order valence-electron chi connectivity index (χ2n) is 8.62. The Morgan fingerprint density at radius 2 is 1.82 bits per heavy atom. The van der Waals surface area contributed by atoms with Gasteiger partial charge in [0.25, 0.3) is 0 Å². The number of carbonyl (C=O) groups excluding carboxylic acids is 1. The molecule has 0 bridgehead atoms. The van der Waals surface area contributed by atoms with Crippen molar-refractivity contribution in [1.29, 1.82) is 0 Å². The molecule has 1 N–H and O–H groups in total. The van der Waals surface area contributed by atoms with E-state index in [0.717, 1.165) is 74.5 Å². The third-order valence-corrected chi connectivity index (χ3v) is 6.40. The van der Waals surface area contributed by atoms with Crippen molar-refractivity contribution in [2.75, 3.05) is 43.6 Å². The van der Waals surface area contributed by atoms with E-state index in [1.54, 1.807) is 30.7 Å². The Balaban J connectivity index is 1.25. The molecule has 178 valence electrons. The van der Waals surface area contributed by atoms with Gasteiger partial charge in [0.15, 0.2) is 0 Å². The number of anilines is 2. The summed E-state index contributed by atoms with van der Waals surface area (Å²) in [6.07, 6.45) is 8.88. The number of hydrogen-bond donors (Lipinski definition) is 1. The Bertz CT molecular complexity index is 1140. The van der Waals surface area contributed by atoms with E-state index in [-0.39, 0.29) is 18.1 Å². The average molecular weight is 464 g/mol. The molecule has 2 aromatic heterocycles. The third kappa shape index (κ3) is 5.04. The van der Waals surface area contributed by atoms with E-state index in [1.165, 1.54) is 7.11 Å². The van der Waals surface area contributed by atoms with Crippen LogP contribution in [0.2, 0.25) is 0 Å². The van der Waals surface area contributed by atoms with Crippen molar-refractivity contribution in [2.24, 2.45) is 0 Å². The zero-order valence-corrected chi connectivity index (χ0v) is 19.3. The van der Waals surface area contributed by atoms with Crippen molar-refractivity contribution in [3.05, 3.63) is 48.4 Å². The Labute approximate surface area is 198 Å². The second-order valence-corrected chi connectivity index (χ2v) is 8.62. The molecule has 5 rings (SSSR count). The Kier molecular flexibility index (Phi) is 6.71. The maximum Gasteiger partial charge on any atom is 0.338 e. The van der Waals surface area contributed by atoms with Gasteiger partial charge in [-0.3, -0.25) is 4.98 Å². The minimum Gasteiger partial charge on any atom is -0.488 e. The average Bonchev–Trinajstić information content (AvgIpc) is 2.90. The lowest BCUT2D eigenvalue weighted by Crippen LogP contribution is -2.36. The molecule has 0 atom stereocenters. The summed E-state index contributed by atoms with van der Waals surface area (Å²) in [5, 5.41) is 3.45. The Morgan fingerprint density at radius 1 is 1.03 bits per heavy atom. The highest BCUT2D eigenvalue weighted by Gasteiger charge is 2.24. The van der Waals surface area contributed by atoms with Crippen molar-refractivity contribution in [2.45, 2.75) is 37.8 Å². The van der Waals surface area contributed by atoms with Gasteiger partial charge >= 0.3 is 5.97 Å². The van der Waals surface area contributed by atoms with E-state index in [2.05, 4.69) is 37.3 Å². The third-order valence-electron chi connectivity index (χ3n) is 6.40. The van der Waals surface area contributed by atoms with Crippen molar-refractivity contribution in [3.63, 3.8) is 0 Å². The molecular formula is C25H29N5O4. The van der Waals surface area contributed by atoms with Gasteiger partial charge < -0.3 is 24.4 Å². The fourth-order valence-corrected chi connectivity index (χ4v) is 4.59. The lowest BCUT2D eigenvalue weighted by molar-refractivity contribution is 0.0600. The Morgan fingerprint density at radius 3 is 2.62 bits per heavy atom. The molecule has 3 heterocycles. The lowest BCUT2D eigenvalue weighted by Gasteiger charge is -2.31. The number of morpholine rings is 1. The number of aromatic nitrogens is 3. The van der Waals surface area contributed by atoms with Crippen molar-refractivity contribution < 1.29 is 19.0 Å². The molecule has 2 aliphatic rings. The number of ether oxygens (including phenoxy) is 3. The maximum atomic E-state index is 11.8. The standard InChI is InChI=1S/C25H29N5O4/c1-32-25(31)17-6-7-27-23(14-17)29-18-2-4-20(5-3-18)34-22-16-19(30-10-12-33-13-11-30)15-21-24(22)28-9-8-26-21/h6-9,14-16,18,20H,2-5,10-13H2,1H3,(H,27,29)/t18-,20+. The van der Waals surface area contributed by atoms with Crippen LogP contribution in [0, 0.1) is 0 Å². The van der Waals surface area contributed by atoms with Crippen LogP contribution in [0.1, 0.15) is 36.0 Å². The first-order valence-corrected chi connectivity index (χ1v) is 11.7. The fraction of sp³-hybridized carbons (Fsp3) is 0.440. The summed E-state index contributed by atoms with van der Waals surface area (Å²) in [6.45, 7) is 3.16. The fourth-order valence-electron chi connectivity index (χ4n) is 4.59. The van der Waals surface area contributed by atoms with Gasteiger partial charge in [0.1, 0.15) is 17.1 Å². The molecule has 0 radical (unpaired) electrons. The van der Waals surface area contributed by atoms with Crippen LogP contribution in [-0.4, -0.2) is 66.5 Å². The van der Waals surface area contributed by atoms with Crippen LogP contribution in [0.5, 0.6) is 5.75 Å². The molecule has 1 aliphatic carbocycles. The van der Waals surface area contributed by atoms with E-state index < -0.39 is 0 Å². The summed E-state index contributed by atoms with van der Waals surface area (Å²) >= 11 is 0. The molecule has 1 aliphatic heterocycles. The number of hydrogen-bond acceptors (Lipinski definition) is 9. The number of carbonyl (C=O) groups is 1. The summed E-state index contributed by atoms with van der Waals surface area (Å²) in [4.78, 5) is 27.5. The van der Waals surface area contributed by atoms with Gasteiger partial charge in [-0.1, -0.05) is 0 Å². The number of esters is 1. The first-order valence-electron chi connectivity index (χ1n) is 11.7. The number of methoxy groups -OCH3 is 1. The molecule has 0 spiro atoms. The highest BCUT2D eigenvalue weighted by molar-refractivity contribution is 5.90. The van der Waals surface area contributed by atoms with Crippen LogP contribution in [0.15, 0.2) is 42.9 Å². The molecule has 1 aromatic carbocycles. The molecule has 3 aromatic rings. The smallest absolute Gasteiger partial charge is 0.338 e. The summed E-state index contributed by atoms with van der Waals surface area (Å²) in [5.41, 5.74) is 3.22. The minimum absolute atomic E-state index is 0.109. The zero-order valence-electron chi connectivity index (χ0n) is 19.3. The SMILES string of the molecule is COC(=O)c1ccnc(N[C@H]2CC[C@@H](Oc3cc(N4CCOCC4)cc4nccnc34)CC2)c1. The van der Waals surface area contributed by atoms with Crippen LogP contribution < -0.4 is 15.0 Å². The zero-order chi connectivity index (χ0) is 23.3. The molecule has 9 heteroatoms. The van der Waals surface area contributed by atoms with Crippen LogP contribution in [0.3, 0.4) is 0 Å². The normalized spacial score (nSPS) is 20.7. The van der Waals surface area contributed by atoms with Gasteiger partial charge in [0.05, 0.1) is 37.5 Å². The summed E-state index contributed by atoms with van der Waals surface area (Å²) in [6, 6.07) is 7.83. The van der Waals surface area contributed by atoms with E-state index in [0.29, 0.717) is 11.4 Å². The van der Waals surface area contributed by atoms with Crippen molar-refractivity contribution in [1.82, 2.24) is 15.0 Å². The number of pyridine rings is 1. The van der Waals surface area contributed by atoms with Crippen molar-refractivity contribution >= 4 is 28.5 Å². The second kappa shape index (κ2) is 10.2. The van der Waals surface area contributed by atoms with Crippen molar-refractivity contribution in [3.8, 4) is 5.75 Å². The van der Waals surface area contributed by atoms with Crippen LogP contribution in [-0.2, 0) is 9.47 Å². The number of nitrogens with zero attached hydrogens (tertiary/aromatic N) is 4. The van der Waals surface area contributed by atoms with E-state index in [1.807, 2.05) is 0 Å². The molecular weight excluding hydrogens is 434 g/mol. The number of fused-ring (bicyclic) bond motifs is 1.